The molecule has 0 spiro atoms. The van der Waals surface area contributed by atoms with Gasteiger partial charge >= 0.3 is 7.82 Å². The fourth-order valence-electron chi connectivity index (χ4n) is 3.55. The lowest BCUT2D eigenvalue weighted by molar-refractivity contribution is -0.0713. The molecule has 4 heterocycles. The Labute approximate surface area is 165 Å². The smallest absolute Gasteiger partial charge is 0.382 e. The van der Waals surface area contributed by atoms with E-state index in [1.54, 1.807) is 4.57 Å². The van der Waals surface area contributed by atoms with Crippen molar-refractivity contribution in [2.45, 2.75) is 31.1 Å². The minimum atomic E-state index is -4.18. The Morgan fingerprint density at radius 3 is 2.93 bits per heavy atom. The third-order valence-corrected chi connectivity index (χ3v) is 5.87. The maximum atomic E-state index is 12.0. The summed E-state index contributed by atoms with van der Waals surface area (Å²) in [7, 11) is -4.18. The van der Waals surface area contributed by atoms with Gasteiger partial charge in [0.05, 0.1) is 19.5 Å². The maximum absolute atomic E-state index is 12.0. The molecule has 5 atom stereocenters. The van der Waals surface area contributed by atoms with Crippen molar-refractivity contribution >= 4 is 24.8 Å². The number of phosphoric ester groups is 1. The summed E-state index contributed by atoms with van der Waals surface area (Å²) in [6.07, 6.45) is 0.0410. The first-order chi connectivity index (χ1) is 14.0. The van der Waals surface area contributed by atoms with Crippen LogP contribution in [0.5, 0.6) is 0 Å². The first-order valence-electron chi connectivity index (χ1n) is 8.91. The van der Waals surface area contributed by atoms with Crippen molar-refractivity contribution < 1.29 is 28.0 Å². The van der Waals surface area contributed by atoms with Crippen LogP contribution in [0.15, 0.2) is 43.0 Å². The molecule has 152 valence electrons. The molecule has 0 bridgehead atoms. The third-order valence-electron chi connectivity index (χ3n) is 4.89. The number of fused-ring (bicyclic) bond motifs is 2. The number of nitrogens with zero attached hydrogens (tertiary/aromatic N) is 4. The topological polar surface area (TPSA) is 144 Å². The molecule has 0 aliphatic carbocycles. The molecule has 3 aromatic rings. The van der Waals surface area contributed by atoms with Gasteiger partial charge in [-0.3, -0.25) is 13.6 Å². The number of aromatic nitrogens is 4. The molecule has 0 radical (unpaired) electrons. The van der Waals surface area contributed by atoms with Crippen LogP contribution in [0.4, 0.5) is 5.82 Å². The molecule has 0 amide bonds. The monoisotopic (exact) mass is 419 g/mol. The lowest BCUT2D eigenvalue weighted by Gasteiger charge is -2.29. The highest BCUT2D eigenvalue weighted by atomic mass is 31.2. The zero-order chi connectivity index (χ0) is 20.0. The summed E-state index contributed by atoms with van der Waals surface area (Å²) in [5, 5.41) is 0. The van der Waals surface area contributed by atoms with Gasteiger partial charge in [-0.2, -0.15) is 0 Å². The predicted molar refractivity (Wildman–Crippen MR) is 99.3 cm³/mol. The quantitative estimate of drug-likeness (QED) is 0.596. The summed E-state index contributed by atoms with van der Waals surface area (Å²) in [6.45, 7) is 0.169. The van der Waals surface area contributed by atoms with E-state index in [1.165, 1.54) is 12.7 Å². The van der Waals surface area contributed by atoms with E-state index in [9.17, 15) is 9.46 Å². The number of rotatable bonds is 4. The molecule has 3 N–H and O–H groups in total. The second-order valence-electron chi connectivity index (χ2n) is 6.74. The lowest BCUT2D eigenvalue weighted by Crippen LogP contribution is -2.40. The van der Waals surface area contributed by atoms with Gasteiger partial charge in [0.15, 0.2) is 17.7 Å². The minimum absolute atomic E-state index is 0.0934. The summed E-state index contributed by atoms with van der Waals surface area (Å²) >= 11 is 0. The standard InChI is InChI=1S/C17H18N5O6P/c18-15-12-16(20-8-19-15)22(9-21-12)17-14(25-6-10-4-2-1-3-5-10)13-11(27-17)7-26-29(23,24)28-13/h1-5,8-9,11,13-14,17H,6-7H2,(H,23,24)(H2,18,19,20). The molecule has 2 fully saturated rings. The van der Waals surface area contributed by atoms with Gasteiger partial charge in [-0.25, -0.2) is 19.5 Å². The summed E-state index contributed by atoms with van der Waals surface area (Å²) < 4.78 is 36.0. The fraction of sp³-hybridized carbons (Fsp3) is 0.353. The lowest BCUT2D eigenvalue weighted by atomic mass is 10.1. The van der Waals surface area contributed by atoms with Crippen LogP contribution in [0.1, 0.15) is 11.8 Å². The van der Waals surface area contributed by atoms with E-state index in [-0.39, 0.29) is 19.0 Å². The molecule has 5 rings (SSSR count). The Hall–Kier alpha value is -2.40. The number of ether oxygens (including phenoxy) is 2. The first-order valence-corrected chi connectivity index (χ1v) is 10.4. The van der Waals surface area contributed by atoms with Gasteiger partial charge in [-0.15, -0.1) is 0 Å². The van der Waals surface area contributed by atoms with Gasteiger partial charge in [-0.1, -0.05) is 30.3 Å². The fourth-order valence-corrected chi connectivity index (χ4v) is 4.51. The van der Waals surface area contributed by atoms with Crippen molar-refractivity contribution in [2.24, 2.45) is 0 Å². The van der Waals surface area contributed by atoms with E-state index in [0.29, 0.717) is 11.2 Å². The van der Waals surface area contributed by atoms with Crippen molar-refractivity contribution in [3.63, 3.8) is 0 Å². The molecule has 0 saturated carbocycles. The van der Waals surface area contributed by atoms with E-state index in [0.717, 1.165) is 5.56 Å². The van der Waals surface area contributed by atoms with Crippen LogP contribution < -0.4 is 5.73 Å². The summed E-state index contributed by atoms with van der Waals surface area (Å²) in [5.74, 6) is 0.241. The van der Waals surface area contributed by atoms with Gasteiger partial charge in [-0.05, 0) is 5.56 Å². The van der Waals surface area contributed by atoms with Crippen molar-refractivity contribution in [3.8, 4) is 0 Å². The highest BCUT2D eigenvalue weighted by Gasteiger charge is 2.54. The van der Waals surface area contributed by atoms with Crippen molar-refractivity contribution in [1.29, 1.82) is 0 Å². The molecule has 11 nitrogen and oxygen atoms in total. The van der Waals surface area contributed by atoms with E-state index < -0.39 is 32.4 Å². The van der Waals surface area contributed by atoms with Crippen LogP contribution in [0.3, 0.4) is 0 Å². The molecule has 5 unspecified atom stereocenters. The van der Waals surface area contributed by atoms with Gasteiger partial charge in [0, 0.05) is 0 Å². The zero-order valence-corrected chi connectivity index (χ0v) is 16.0. The van der Waals surface area contributed by atoms with E-state index >= 15 is 0 Å². The Morgan fingerprint density at radius 2 is 2.10 bits per heavy atom. The number of imidazole rings is 1. The molecular formula is C17H18N5O6P. The van der Waals surface area contributed by atoms with Crippen molar-refractivity contribution in [2.75, 3.05) is 12.3 Å². The Morgan fingerprint density at radius 1 is 1.28 bits per heavy atom. The van der Waals surface area contributed by atoms with Crippen LogP contribution in [0.25, 0.3) is 11.2 Å². The second-order valence-corrected chi connectivity index (χ2v) is 8.15. The highest BCUT2D eigenvalue weighted by molar-refractivity contribution is 7.47. The van der Waals surface area contributed by atoms with Crippen LogP contribution >= 0.6 is 7.82 Å². The van der Waals surface area contributed by atoms with Crippen molar-refractivity contribution in [3.05, 3.63) is 48.5 Å². The Balaban J connectivity index is 1.50. The van der Waals surface area contributed by atoms with E-state index in [2.05, 4.69) is 15.0 Å². The largest absolute Gasteiger partial charge is 0.472 e. The number of nitrogen functional groups attached to an aromatic ring is 1. The van der Waals surface area contributed by atoms with Gasteiger partial charge in [0.2, 0.25) is 0 Å². The first kappa shape index (κ1) is 18.6. The maximum Gasteiger partial charge on any atom is 0.472 e. The molecular weight excluding hydrogens is 401 g/mol. The molecule has 29 heavy (non-hydrogen) atoms. The number of benzene rings is 1. The molecule has 2 aliphatic heterocycles. The SMILES string of the molecule is Nc1ncnc2c1ncn2C1OC2COP(=O)(O)OC2C1OCc1ccccc1. The number of anilines is 1. The van der Waals surface area contributed by atoms with Crippen LogP contribution in [-0.4, -0.2) is 49.3 Å². The Kier molecular flexibility index (Phi) is 4.58. The van der Waals surface area contributed by atoms with E-state index in [1.807, 2.05) is 30.3 Å². The normalized spacial score (nSPS) is 31.8. The number of nitrogens with two attached hydrogens (primary N) is 1. The number of hydrogen-bond donors (Lipinski definition) is 2. The summed E-state index contributed by atoms with van der Waals surface area (Å²) in [4.78, 5) is 22.2. The van der Waals surface area contributed by atoms with Crippen LogP contribution in [-0.2, 0) is 29.7 Å². The Bertz CT molecular complexity index is 1080. The number of phosphoric acid groups is 1. The predicted octanol–water partition coefficient (Wildman–Crippen LogP) is 1.41. The van der Waals surface area contributed by atoms with Crippen molar-refractivity contribution in [1.82, 2.24) is 19.5 Å². The van der Waals surface area contributed by atoms with Gasteiger partial charge in [0.1, 0.15) is 30.2 Å². The summed E-state index contributed by atoms with van der Waals surface area (Å²) in [6, 6.07) is 9.56. The average Bonchev–Trinajstić information content (AvgIpc) is 3.28. The molecule has 2 aromatic heterocycles. The van der Waals surface area contributed by atoms with E-state index in [4.69, 9.17) is 24.3 Å². The van der Waals surface area contributed by atoms with Gasteiger partial charge < -0.3 is 20.1 Å². The van der Waals surface area contributed by atoms with Crippen LogP contribution in [0.2, 0.25) is 0 Å². The van der Waals surface area contributed by atoms with Gasteiger partial charge in [0.25, 0.3) is 0 Å². The molecule has 2 saturated heterocycles. The third kappa shape index (κ3) is 3.42. The molecule has 12 heteroatoms. The molecule has 1 aromatic carbocycles. The average molecular weight is 419 g/mol. The minimum Gasteiger partial charge on any atom is -0.382 e. The molecule has 2 aliphatic rings. The highest BCUT2D eigenvalue weighted by Crippen LogP contribution is 2.53. The summed E-state index contributed by atoms with van der Waals surface area (Å²) in [5.41, 5.74) is 7.71. The second kappa shape index (κ2) is 7.13. The number of hydrogen-bond acceptors (Lipinski definition) is 9. The van der Waals surface area contributed by atoms with Crippen LogP contribution in [0, 0.1) is 0 Å². The zero-order valence-electron chi connectivity index (χ0n) is 15.1.